The molecule has 0 bridgehead atoms. The first-order valence-electron chi connectivity index (χ1n) is 3.67. The van der Waals surface area contributed by atoms with Gasteiger partial charge in [0.05, 0.1) is 5.69 Å². The summed E-state index contributed by atoms with van der Waals surface area (Å²) in [7, 11) is 1.61. The molecule has 0 spiro atoms. The van der Waals surface area contributed by atoms with Gasteiger partial charge in [0.15, 0.2) is 6.07 Å². The maximum atomic E-state index is 8.21. The second-order valence-electron chi connectivity index (χ2n) is 2.21. The summed E-state index contributed by atoms with van der Waals surface area (Å²) in [6.45, 7) is 0. The molecule has 62 valence electrons. The summed E-state index contributed by atoms with van der Waals surface area (Å²) in [5, 5.41) is 15.7. The van der Waals surface area contributed by atoms with Crippen molar-refractivity contribution < 1.29 is 0 Å². The van der Waals surface area contributed by atoms with E-state index in [2.05, 4.69) is 22.1 Å². The molecular formula is C10H7N3. The SMILES string of the molecule is CN=Nc1ccc(C#CC#N)cc1. The number of nitrogens with zero attached hydrogens (tertiary/aromatic N) is 3. The average molecular weight is 169 g/mol. The monoisotopic (exact) mass is 169 g/mol. The summed E-state index contributed by atoms with van der Waals surface area (Å²) in [5.41, 5.74) is 1.58. The summed E-state index contributed by atoms with van der Waals surface area (Å²) >= 11 is 0. The van der Waals surface area contributed by atoms with Gasteiger partial charge in [-0.05, 0) is 24.3 Å². The van der Waals surface area contributed by atoms with E-state index in [-0.39, 0.29) is 0 Å². The molecule has 0 aromatic heterocycles. The lowest BCUT2D eigenvalue weighted by molar-refractivity contribution is 1.17. The van der Waals surface area contributed by atoms with E-state index in [4.69, 9.17) is 5.26 Å². The third kappa shape index (κ3) is 2.76. The zero-order valence-corrected chi connectivity index (χ0v) is 7.15. The first-order chi connectivity index (χ1) is 6.36. The first kappa shape index (κ1) is 8.96. The number of hydrogen-bond acceptors (Lipinski definition) is 3. The van der Waals surface area contributed by atoms with Crippen LogP contribution in [0.1, 0.15) is 5.56 Å². The van der Waals surface area contributed by atoms with Gasteiger partial charge < -0.3 is 0 Å². The molecule has 0 aliphatic carbocycles. The van der Waals surface area contributed by atoms with Gasteiger partial charge in [-0.15, -0.1) is 0 Å². The minimum Gasteiger partial charge on any atom is -0.192 e. The smallest absolute Gasteiger partial charge is 0.152 e. The molecule has 0 saturated carbocycles. The van der Waals surface area contributed by atoms with Gasteiger partial charge >= 0.3 is 0 Å². The van der Waals surface area contributed by atoms with Crippen molar-refractivity contribution >= 4 is 5.69 Å². The molecule has 0 saturated heterocycles. The zero-order valence-electron chi connectivity index (χ0n) is 7.15. The Hall–Kier alpha value is -2.13. The summed E-state index contributed by atoms with van der Waals surface area (Å²) in [6.07, 6.45) is 0. The molecule has 0 aliphatic rings. The predicted octanol–water partition coefficient (Wildman–Crippen LogP) is 2.28. The Balaban J connectivity index is 2.88. The second kappa shape index (κ2) is 4.69. The first-order valence-corrected chi connectivity index (χ1v) is 3.67. The van der Waals surface area contributed by atoms with Crippen LogP contribution in [-0.4, -0.2) is 7.05 Å². The van der Waals surface area contributed by atoms with E-state index < -0.39 is 0 Å². The predicted molar refractivity (Wildman–Crippen MR) is 49.4 cm³/mol. The Bertz CT molecular complexity index is 399. The molecule has 0 fully saturated rings. The fourth-order valence-electron chi connectivity index (χ4n) is 0.827. The van der Waals surface area contributed by atoms with Gasteiger partial charge in [0, 0.05) is 18.5 Å². The Labute approximate surface area is 76.7 Å². The van der Waals surface area contributed by atoms with E-state index in [1.165, 1.54) is 0 Å². The van der Waals surface area contributed by atoms with E-state index in [1.807, 2.05) is 0 Å². The molecule has 0 atom stereocenters. The van der Waals surface area contributed by atoms with Crippen LogP contribution in [0, 0.1) is 23.2 Å². The normalized spacial score (nSPS) is 8.92. The van der Waals surface area contributed by atoms with Crippen LogP contribution in [0.25, 0.3) is 0 Å². The highest BCUT2D eigenvalue weighted by molar-refractivity contribution is 5.45. The van der Waals surface area contributed by atoms with Crippen LogP contribution in [-0.2, 0) is 0 Å². The number of benzene rings is 1. The van der Waals surface area contributed by atoms with Gasteiger partial charge in [0.2, 0.25) is 0 Å². The highest BCUT2D eigenvalue weighted by Crippen LogP contribution is 2.12. The Morgan fingerprint density at radius 3 is 2.46 bits per heavy atom. The zero-order chi connectivity index (χ0) is 9.52. The van der Waals surface area contributed by atoms with Crippen LogP contribution >= 0.6 is 0 Å². The molecule has 1 rings (SSSR count). The highest BCUT2D eigenvalue weighted by atomic mass is 15.1. The molecule has 1 aromatic carbocycles. The minimum absolute atomic E-state index is 0.782. The lowest BCUT2D eigenvalue weighted by atomic mass is 10.2. The van der Waals surface area contributed by atoms with Gasteiger partial charge in [-0.1, -0.05) is 5.92 Å². The lowest BCUT2D eigenvalue weighted by Gasteiger charge is -1.90. The van der Waals surface area contributed by atoms with Gasteiger partial charge in [-0.25, -0.2) is 0 Å². The summed E-state index contributed by atoms with van der Waals surface area (Å²) in [6, 6.07) is 8.95. The van der Waals surface area contributed by atoms with Crippen LogP contribution < -0.4 is 0 Å². The molecule has 0 heterocycles. The molecule has 3 nitrogen and oxygen atoms in total. The number of nitriles is 1. The summed E-state index contributed by atoms with van der Waals surface area (Å²) in [5.74, 6) is 5.00. The Kier molecular flexibility index (Phi) is 3.23. The van der Waals surface area contributed by atoms with Crippen molar-refractivity contribution in [2.24, 2.45) is 10.2 Å². The molecule has 0 unspecified atom stereocenters. The molecule has 3 heteroatoms. The largest absolute Gasteiger partial charge is 0.192 e. The molecule has 0 radical (unpaired) electrons. The van der Waals surface area contributed by atoms with Gasteiger partial charge in [-0.2, -0.15) is 15.5 Å². The van der Waals surface area contributed by atoms with Crippen molar-refractivity contribution in [2.45, 2.75) is 0 Å². The van der Waals surface area contributed by atoms with Gasteiger partial charge in [0.1, 0.15) is 0 Å². The maximum absolute atomic E-state index is 8.21. The van der Waals surface area contributed by atoms with E-state index >= 15 is 0 Å². The molecule has 1 aromatic rings. The van der Waals surface area contributed by atoms with Crippen molar-refractivity contribution in [3.63, 3.8) is 0 Å². The highest BCUT2D eigenvalue weighted by Gasteiger charge is 1.88. The molecule has 13 heavy (non-hydrogen) atoms. The Morgan fingerprint density at radius 2 is 1.92 bits per heavy atom. The van der Waals surface area contributed by atoms with Crippen molar-refractivity contribution in [3.05, 3.63) is 29.8 Å². The van der Waals surface area contributed by atoms with Crippen LogP contribution in [0.3, 0.4) is 0 Å². The fraction of sp³-hybridized carbons (Fsp3) is 0.100. The summed E-state index contributed by atoms with van der Waals surface area (Å²) in [4.78, 5) is 0. The van der Waals surface area contributed by atoms with Crippen molar-refractivity contribution in [2.75, 3.05) is 7.05 Å². The van der Waals surface area contributed by atoms with Crippen LogP contribution in [0.2, 0.25) is 0 Å². The Morgan fingerprint density at radius 1 is 1.23 bits per heavy atom. The third-order valence-corrected chi connectivity index (χ3v) is 1.35. The van der Waals surface area contributed by atoms with Gasteiger partial charge in [0.25, 0.3) is 0 Å². The number of rotatable bonds is 1. The second-order valence-corrected chi connectivity index (χ2v) is 2.21. The third-order valence-electron chi connectivity index (χ3n) is 1.35. The molecule has 0 N–H and O–H groups in total. The van der Waals surface area contributed by atoms with E-state index in [0.717, 1.165) is 11.3 Å². The van der Waals surface area contributed by atoms with E-state index in [9.17, 15) is 0 Å². The van der Waals surface area contributed by atoms with Crippen LogP contribution in [0.5, 0.6) is 0 Å². The van der Waals surface area contributed by atoms with Crippen molar-refractivity contribution in [3.8, 4) is 17.9 Å². The molecule has 0 aliphatic heterocycles. The molecule has 0 amide bonds. The van der Waals surface area contributed by atoms with Crippen LogP contribution in [0.4, 0.5) is 5.69 Å². The fourth-order valence-corrected chi connectivity index (χ4v) is 0.827. The summed E-state index contributed by atoms with van der Waals surface area (Å²) < 4.78 is 0. The van der Waals surface area contributed by atoms with Crippen molar-refractivity contribution in [1.29, 1.82) is 5.26 Å². The van der Waals surface area contributed by atoms with Crippen molar-refractivity contribution in [1.82, 2.24) is 0 Å². The quantitative estimate of drug-likeness (QED) is 0.470. The number of hydrogen-bond donors (Lipinski definition) is 0. The van der Waals surface area contributed by atoms with Crippen LogP contribution in [0.15, 0.2) is 34.5 Å². The molecular weight excluding hydrogens is 162 g/mol. The van der Waals surface area contributed by atoms with E-state index in [1.54, 1.807) is 37.4 Å². The standard InChI is InChI=1S/C10H7N3/c1-12-13-10-6-4-9(5-7-10)3-2-8-11/h4-7H,1H3. The lowest BCUT2D eigenvalue weighted by Crippen LogP contribution is -1.71. The maximum Gasteiger partial charge on any atom is 0.152 e. The number of azo groups is 1. The minimum atomic E-state index is 0.782. The van der Waals surface area contributed by atoms with E-state index in [0.29, 0.717) is 0 Å². The average Bonchev–Trinajstić information content (AvgIpc) is 2.17. The van der Waals surface area contributed by atoms with Gasteiger partial charge in [-0.3, -0.25) is 0 Å². The topological polar surface area (TPSA) is 48.5 Å².